The number of hydrogen-bond donors (Lipinski definition) is 2. The minimum Gasteiger partial charge on any atom is -0.383 e. The van der Waals surface area contributed by atoms with E-state index in [0.29, 0.717) is 18.5 Å². The Hall–Kier alpha value is -0.870. The summed E-state index contributed by atoms with van der Waals surface area (Å²) < 4.78 is 10.7. The molecule has 0 unspecified atom stereocenters. The molecule has 0 aromatic carbocycles. The first kappa shape index (κ1) is 25.2. The van der Waals surface area contributed by atoms with Gasteiger partial charge in [-0.05, 0) is 32.6 Å². The van der Waals surface area contributed by atoms with Crippen LogP contribution in [0.1, 0.15) is 63.8 Å². The second-order valence-electron chi connectivity index (χ2n) is 7.18. The van der Waals surface area contributed by atoms with Crippen molar-refractivity contribution in [3.05, 3.63) is 17.5 Å². The van der Waals surface area contributed by atoms with Gasteiger partial charge < -0.3 is 24.8 Å². The molecule has 7 nitrogen and oxygen atoms in total. The van der Waals surface area contributed by atoms with Crippen LogP contribution in [0.5, 0.6) is 0 Å². The molecule has 1 saturated heterocycles. The van der Waals surface area contributed by atoms with Crippen molar-refractivity contribution in [3.8, 4) is 0 Å². The Morgan fingerprint density at radius 3 is 2.64 bits per heavy atom. The van der Waals surface area contributed by atoms with Gasteiger partial charge in [0.2, 0.25) is 0 Å². The third-order valence-corrected chi connectivity index (χ3v) is 5.26. The van der Waals surface area contributed by atoms with Gasteiger partial charge >= 0.3 is 0 Å². The van der Waals surface area contributed by atoms with E-state index in [-0.39, 0.29) is 24.0 Å². The summed E-state index contributed by atoms with van der Waals surface area (Å²) >= 11 is 0. The van der Waals surface area contributed by atoms with E-state index >= 15 is 0 Å². The van der Waals surface area contributed by atoms with Crippen LogP contribution in [0.15, 0.2) is 15.6 Å². The van der Waals surface area contributed by atoms with Crippen LogP contribution in [-0.2, 0) is 11.3 Å². The summed E-state index contributed by atoms with van der Waals surface area (Å²) in [5, 5.41) is 11.1. The van der Waals surface area contributed by atoms with Crippen LogP contribution in [-0.4, -0.2) is 62.0 Å². The standard InChI is InChI=1S/C20H37N5O2.HI/c1-5-16(6-2)19-14-18(27-24-19)15-22-20(21-7-3)23-17-8-10-25(11-9-17)12-13-26-4;/h14,16-17H,5-13,15H2,1-4H3,(H2,21,22,23);1H. The van der Waals surface area contributed by atoms with Crippen molar-refractivity contribution in [3.63, 3.8) is 0 Å². The molecule has 0 saturated carbocycles. The number of piperidine rings is 1. The van der Waals surface area contributed by atoms with E-state index in [1.165, 1.54) is 0 Å². The Kier molecular flexibility index (Phi) is 12.7. The Morgan fingerprint density at radius 2 is 2.04 bits per heavy atom. The number of halogens is 1. The molecule has 28 heavy (non-hydrogen) atoms. The fraction of sp³-hybridized carbons (Fsp3) is 0.800. The number of methoxy groups -OCH3 is 1. The SMILES string of the molecule is CCNC(=NCc1cc(C(CC)CC)no1)NC1CCN(CCOC)CC1.I. The third kappa shape index (κ3) is 8.24. The summed E-state index contributed by atoms with van der Waals surface area (Å²) in [6.07, 6.45) is 4.41. The zero-order valence-electron chi connectivity index (χ0n) is 17.9. The van der Waals surface area contributed by atoms with Crippen molar-refractivity contribution in [2.24, 2.45) is 4.99 Å². The van der Waals surface area contributed by atoms with Gasteiger partial charge in [0.1, 0.15) is 6.54 Å². The quantitative estimate of drug-likeness (QED) is 0.288. The molecule has 1 aliphatic rings. The maximum atomic E-state index is 5.49. The number of rotatable bonds is 10. The van der Waals surface area contributed by atoms with Crippen molar-refractivity contribution < 1.29 is 9.26 Å². The molecule has 0 spiro atoms. The number of guanidine groups is 1. The number of aromatic nitrogens is 1. The van der Waals surface area contributed by atoms with Gasteiger partial charge in [-0.15, -0.1) is 24.0 Å². The summed E-state index contributed by atoms with van der Waals surface area (Å²) in [5.74, 6) is 2.15. The van der Waals surface area contributed by atoms with Gasteiger partial charge in [0.25, 0.3) is 0 Å². The minimum atomic E-state index is 0. The average Bonchev–Trinajstić information content (AvgIpc) is 3.15. The number of aliphatic imine (C=N–C) groups is 1. The maximum absolute atomic E-state index is 5.49. The maximum Gasteiger partial charge on any atom is 0.191 e. The lowest BCUT2D eigenvalue weighted by Crippen LogP contribution is -2.49. The minimum absolute atomic E-state index is 0. The topological polar surface area (TPSA) is 74.9 Å². The van der Waals surface area contributed by atoms with Gasteiger partial charge in [0.05, 0.1) is 12.3 Å². The molecule has 1 aromatic heterocycles. The molecule has 1 fully saturated rings. The molecule has 0 amide bonds. The lowest BCUT2D eigenvalue weighted by atomic mass is 9.99. The number of likely N-dealkylation sites (tertiary alicyclic amines) is 1. The number of hydrogen-bond acceptors (Lipinski definition) is 5. The highest BCUT2D eigenvalue weighted by Gasteiger charge is 2.20. The largest absolute Gasteiger partial charge is 0.383 e. The molecule has 2 heterocycles. The van der Waals surface area contributed by atoms with Crippen LogP contribution in [0.3, 0.4) is 0 Å². The van der Waals surface area contributed by atoms with Crippen molar-refractivity contribution in [2.45, 2.75) is 65.0 Å². The van der Waals surface area contributed by atoms with E-state index < -0.39 is 0 Å². The highest BCUT2D eigenvalue weighted by Crippen LogP contribution is 2.22. The summed E-state index contributed by atoms with van der Waals surface area (Å²) in [7, 11) is 1.76. The summed E-state index contributed by atoms with van der Waals surface area (Å²) in [6, 6.07) is 2.51. The second-order valence-corrected chi connectivity index (χ2v) is 7.18. The van der Waals surface area contributed by atoms with Crippen molar-refractivity contribution in [2.75, 3.05) is 39.9 Å². The molecule has 1 aromatic rings. The molecule has 2 rings (SSSR count). The highest BCUT2D eigenvalue weighted by atomic mass is 127. The third-order valence-electron chi connectivity index (χ3n) is 5.26. The average molecular weight is 507 g/mol. The van der Waals surface area contributed by atoms with Crippen LogP contribution < -0.4 is 10.6 Å². The van der Waals surface area contributed by atoms with Crippen LogP contribution in [0, 0.1) is 0 Å². The van der Waals surface area contributed by atoms with Gasteiger partial charge in [-0.2, -0.15) is 0 Å². The molecule has 0 bridgehead atoms. The highest BCUT2D eigenvalue weighted by molar-refractivity contribution is 14.0. The Bertz CT molecular complexity index is 555. The first-order valence-corrected chi connectivity index (χ1v) is 10.4. The zero-order chi connectivity index (χ0) is 19.5. The van der Waals surface area contributed by atoms with Crippen LogP contribution in [0.25, 0.3) is 0 Å². The van der Waals surface area contributed by atoms with Crippen molar-refractivity contribution in [1.82, 2.24) is 20.7 Å². The van der Waals surface area contributed by atoms with E-state index in [1.807, 2.05) is 0 Å². The van der Waals surface area contributed by atoms with Crippen LogP contribution in [0.2, 0.25) is 0 Å². The molecule has 1 aliphatic heterocycles. The van der Waals surface area contributed by atoms with Crippen molar-refractivity contribution >= 4 is 29.9 Å². The Morgan fingerprint density at radius 1 is 1.32 bits per heavy atom. The lowest BCUT2D eigenvalue weighted by molar-refractivity contribution is 0.128. The zero-order valence-corrected chi connectivity index (χ0v) is 20.2. The Labute approximate surface area is 187 Å². The molecule has 162 valence electrons. The van der Waals surface area contributed by atoms with Crippen LogP contribution in [0.4, 0.5) is 0 Å². The lowest BCUT2D eigenvalue weighted by Gasteiger charge is -2.32. The number of nitrogens with zero attached hydrogens (tertiary/aromatic N) is 3. The van der Waals surface area contributed by atoms with E-state index in [2.05, 4.69) is 47.5 Å². The molecular weight excluding hydrogens is 469 g/mol. The molecule has 8 heteroatoms. The molecule has 0 radical (unpaired) electrons. The fourth-order valence-electron chi connectivity index (χ4n) is 3.49. The first-order valence-electron chi connectivity index (χ1n) is 10.4. The predicted molar refractivity (Wildman–Crippen MR) is 125 cm³/mol. The van der Waals surface area contributed by atoms with Gasteiger partial charge in [0.15, 0.2) is 11.7 Å². The summed E-state index contributed by atoms with van der Waals surface area (Å²) in [4.78, 5) is 7.16. The molecule has 0 atom stereocenters. The van der Waals surface area contributed by atoms with E-state index in [0.717, 1.165) is 75.9 Å². The van der Waals surface area contributed by atoms with E-state index in [1.54, 1.807) is 7.11 Å². The van der Waals surface area contributed by atoms with Crippen molar-refractivity contribution in [1.29, 1.82) is 0 Å². The monoisotopic (exact) mass is 507 g/mol. The first-order chi connectivity index (χ1) is 13.2. The smallest absolute Gasteiger partial charge is 0.191 e. The fourth-order valence-corrected chi connectivity index (χ4v) is 3.49. The van der Waals surface area contributed by atoms with Gasteiger partial charge in [-0.25, -0.2) is 4.99 Å². The van der Waals surface area contributed by atoms with Gasteiger partial charge in [-0.1, -0.05) is 19.0 Å². The normalized spacial score (nSPS) is 16.2. The summed E-state index contributed by atoms with van der Waals surface area (Å²) in [5.41, 5.74) is 1.05. The number of nitrogens with one attached hydrogen (secondary N) is 2. The Balaban J connectivity index is 0.00000392. The summed E-state index contributed by atoms with van der Waals surface area (Å²) in [6.45, 7) is 11.8. The molecule has 0 aliphatic carbocycles. The van der Waals surface area contributed by atoms with Gasteiger partial charge in [0, 0.05) is 51.3 Å². The van der Waals surface area contributed by atoms with Crippen LogP contribution >= 0.6 is 24.0 Å². The molecule has 2 N–H and O–H groups in total. The van der Waals surface area contributed by atoms with Gasteiger partial charge in [-0.3, -0.25) is 0 Å². The predicted octanol–water partition coefficient (Wildman–Crippen LogP) is 3.36. The second kappa shape index (κ2) is 14.2. The van der Waals surface area contributed by atoms with E-state index in [4.69, 9.17) is 14.3 Å². The molecular formula is C20H38IN5O2. The number of ether oxygens (including phenoxy) is 1. The van der Waals surface area contributed by atoms with E-state index in [9.17, 15) is 0 Å².